The highest BCUT2D eigenvalue weighted by atomic mass is 16.5. The van der Waals surface area contributed by atoms with E-state index in [1.54, 1.807) is 30.3 Å². The molecule has 7 nitrogen and oxygen atoms in total. The molecule has 3 aromatic rings. The second-order valence-corrected chi connectivity index (χ2v) is 5.83. The molecule has 0 atom stereocenters. The molecule has 2 heterocycles. The van der Waals surface area contributed by atoms with Gasteiger partial charge in [-0.1, -0.05) is 18.2 Å². The summed E-state index contributed by atoms with van der Waals surface area (Å²) in [5, 5.41) is 4.11. The van der Waals surface area contributed by atoms with Crippen molar-refractivity contribution in [3.8, 4) is 23.0 Å². The summed E-state index contributed by atoms with van der Waals surface area (Å²) >= 11 is 0. The first-order valence-corrected chi connectivity index (χ1v) is 8.27. The van der Waals surface area contributed by atoms with Crippen LogP contribution in [-0.2, 0) is 6.54 Å². The van der Waals surface area contributed by atoms with Gasteiger partial charge >= 0.3 is 5.76 Å². The van der Waals surface area contributed by atoms with Crippen molar-refractivity contribution in [2.75, 3.05) is 13.2 Å². The molecule has 0 bridgehead atoms. The fraction of sp³-hybridized carbons (Fsp3) is 0.211. The van der Waals surface area contributed by atoms with Gasteiger partial charge in [-0.25, -0.2) is 4.79 Å². The topological polar surface area (TPSA) is 83.6 Å². The van der Waals surface area contributed by atoms with Crippen molar-refractivity contribution in [3.05, 3.63) is 64.6 Å². The largest absolute Gasteiger partial charge is 0.490 e. The van der Waals surface area contributed by atoms with Gasteiger partial charge in [0.15, 0.2) is 17.3 Å². The molecule has 0 saturated heterocycles. The third-order valence-corrected chi connectivity index (χ3v) is 3.99. The van der Waals surface area contributed by atoms with Crippen LogP contribution in [0.2, 0.25) is 0 Å². The van der Waals surface area contributed by atoms with Crippen molar-refractivity contribution in [1.29, 1.82) is 0 Å². The summed E-state index contributed by atoms with van der Waals surface area (Å²) < 4.78 is 17.3. The predicted octanol–water partition coefficient (Wildman–Crippen LogP) is 2.55. The molecule has 0 amide bonds. The van der Waals surface area contributed by atoms with Gasteiger partial charge < -0.3 is 13.9 Å². The van der Waals surface area contributed by atoms with E-state index in [1.165, 1.54) is 0 Å². The van der Waals surface area contributed by atoms with E-state index in [2.05, 4.69) is 5.10 Å². The van der Waals surface area contributed by atoms with Crippen molar-refractivity contribution >= 4 is 5.78 Å². The number of ketones is 1. The number of Topliss-reactive ketones (excluding diaryl/α,β-unsaturated/α-hetero) is 1. The van der Waals surface area contributed by atoms with Crippen molar-refractivity contribution < 1.29 is 18.7 Å². The van der Waals surface area contributed by atoms with Gasteiger partial charge in [-0.3, -0.25) is 4.79 Å². The Hall–Kier alpha value is -3.35. The summed E-state index contributed by atoms with van der Waals surface area (Å²) in [5.41, 5.74) is 1.09. The van der Waals surface area contributed by atoms with E-state index in [4.69, 9.17) is 13.9 Å². The zero-order chi connectivity index (χ0) is 17.9. The Bertz CT molecular complexity index is 991. The monoisotopic (exact) mass is 352 g/mol. The van der Waals surface area contributed by atoms with E-state index in [0.717, 1.165) is 11.1 Å². The molecule has 0 saturated carbocycles. The predicted molar refractivity (Wildman–Crippen MR) is 92.6 cm³/mol. The van der Waals surface area contributed by atoms with E-state index < -0.39 is 5.76 Å². The fourth-order valence-corrected chi connectivity index (χ4v) is 2.67. The van der Waals surface area contributed by atoms with Gasteiger partial charge in [-0.05, 0) is 30.3 Å². The van der Waals surface area contributed by atoms with E-state index >= 15 is 0 Å². The molecule has 1 aliphatic rings. The van der Waals surface area contributed by atoms with Crippen LogP contribution in [0.1, 0.15) is 16.8 Å². The Morgan fingerprint density at radius 3 is 2.62 bits per heavy atom. The molecule has 7 heteroatoms. The normalized spacial score (nSPS) is 13.2. The molecule has 4 rings (SSSR count). The third kappa shape index (κ3) is 3.23. The Morgan fingerprint density at radius 1 is 1.04 bits per heavy atom. The summed E-state index contributed by atoms with van der Waals surface area (Å²) in [7, 11) is 0. The lowest BCUT2D eigenvalue weighted by molar-refractivity contribution is 0.0964. The van der Waals surface area contributed by atoms with Crippen LogP contribution >= 0.6 is 0 Å². The number of carbonyl (C=O) groups excluding carboxylic acids is 1. The molecule has 0 N–H and O–H groups in total. The fourth-order valence-electron chi connectivity index (χ4n) is 2.67. The van der Waals surface area contributed by atoms with Crippen molar-refractivity contribution in [1.82, 2.24) is 9.78 Å². The van der Waals surface area contributed by atoms with Gasteiger partial charge in [-0.2, -0.15) is 4.68 Å². The van der Waals surface area contributed by atoms with Crippen LogP contribution in [0.5, 0.6) is 11.5 Å². The maximum absolute atomic E-state index is 12.5. The van der Waals surface area contributed by atoms with Gasteiger partial charge in [0.25, 0.3) is 0 Å². The van der Waals surface area contributed by atoms with Gasteiger partial charge in [0.2, 0.25) is 5.89 Å². The molecular weight excluding hydrogens is 336 g/mol. The molecule has 26 heavy (non-hydrogen) atoms. The van der Waals surface area contributed by atoms with Crippen LogP contribution in [0.15, 0.2) is 57.7 Å². The minimum Gasteiger partial charge on any atom is -0.490 e. The Balaban J connectivity index is 1.56. The molecular formula is C19H16N2O5. The Morgan fingerprint density at radius 2 is 1.81 bits per heavy atom. The van der Waals surface area contributed by atoms with E-state index in [1.807, 2.05) is 18.2 Å². The third-order valence-electron chi connectivity index (χ3n) is 3.99. The van der Waals surface area contributed by atoms with Gasteiger partial charge in [0.1, 0.15) is 6.54 Å². The minimum atomic E-state index is -0.674. The van der Waals surface area contributed by atoms with Crippen LogP contribution in [-0.4, -0.2) is 28.8 Å². The lowest BCUT2D eigenvalue weighted by Crippen LogP contribution is -2.21. The van der Waals surface area contributed by atoms with Crippen LogP contribution in [0.4, 0.5) is 0 Å². The number of nitrogens with zero attached hydrogens (tertiary/aromatic N) is 2. The lowest BCUT2D eigenvalue weighted by atomic mass is 10.1. The van der Waals surface area contributed by atoms with Crippen molar-refractivity contribution in [3.63, 3.8) is 0 Å². The highest BCUT2D eigenvalue weighted by Crippen LogP contribution is 2.30. The van der Waals surface area contributed by atoms with Crippen LogP contribution < -0.4 is 15.2 Å². The quantitative estimate of drug-likeness (QED) is 0.671. The molecule has 0 unspecified atom stereocenters. The minimum absolute atomic E-state index is 0.182. The van der Waals surface area contributed by atoms with E-state index in [-0.39, 0.29) is 18.2 Å². The van der Waals surface area contributed by atoms with Crippen LogP contribution in [0.3, 0.4) is 0 Å². The Labute approximate surface area is 148 Å². The number of benzene rings is 2. The summed E-state index contributed by atoms with van der Waals surface area (Å²) in [6, 6.07) is 14.0. The molecule has 0 fully saturated rings. The lowest BCUT2D eigenvalue weighted by Gasteiger charge is -2.08. The molecule has 1 aliphatic heterocycles. The number of hydrogen-bond donors (Lipinski definition) is 0. The molecule has 1 aromatic heterocycles. The first kappa shape index (κ1) is 16.1. The highest BCUT2D eigenvalue weighted by Gasteiger charge is 2.17. The second-order valence-electron chi connectivity index (χ2n) is 5.83. The summed E-state index contributed by atoms with van der Waals surface area (Å²) in [6.07, 6.45) is 0.786. The molecule has 132 valence electrons. The number of rotatable bonds is 4. The number of hydrogen-bond acceptors (Lipinski definition) is 6. The van der Waals surface area contributed by atoms with E-state index in [9.17, 15) is 9.59 Å². The van der Waals surface area contributed by atoms with Crippen LogP contribution in [0, 0.1) is 0 Å². The first-order chi connectivity index (χ1) is 12.7. The average Bonchev–Trinajstić information content (AvgIpc) is 2.89. The smallest absolute Gasteiger partial charge is 0.437 e. The van der Waals surface area contributed by atoms with Gasteiger partial charge in [0, 0.05) is 17.5 Å². The summed E-state index contributed by atoms with van der Waals surface area (Å²) in [5.74, 6) is 0.388. The van der Waals surface area contributed by atoms with Gasteiger partial charge in [-0.15, -0.1) is 5.10 Å². The van der Waals surface area contributed by atoms with Gasteiger partial charge in [0.05, 0.1) is 13.2 Å². The standard InChI is InChI=1S/C19H16N2O5/c22-15(14-7-8-16-17(11-14)25-10-4-9-24-16)12-21-19(23)26-18(20-21)13-5-2-1-3-6-13/h1-3,5-8,11H,4,9-10,12H2. The van der Waals surface area contributed by atoms with E-state index in [0.29, 0.717) is 35.8 Å². The maximum Gasteiger partial charge on any atom is 0.437 e. The number of aromatic nitrogens is 2. The highest BCUT2D eigenvalue weighted by molar-refractivity contribution is 5.96. The zero-order valence-electron chi connectivity index (χ0n) is 13.9. The van der Waals surface area contributed by atoms with Crippen molar-refractivity contribution in [2.45, 2.75) is 13.0 Å². The average molecular weight is 352 g/mol. The SMILES string of the molecule is O=C(Cn1nc(-c2ccccc2)oc1=O)c1ccc2c(c1)OCCCO2. The number of carbonyl (C=O) groups is 1. The number of ether oxygens (including phenoxy) is 2. The molecule has 0 radical (unpaired) electrons. The van der Waals surface area contributed by atoms with Crippen LogP contribution in [0.25, 0.3) is 11.5 Å². The molecule has 2 aromatic carbocycles. The van der Waals surface area contributed by atoms with Crippen molar-refractivity contribution in [2.24, 2.45) is 0 Å². The Kier molecular flexibility index (Phi) is 4.27. The molecule has 0 spiro atoms. The summed E-state index contributed by atoms with van der Waals surface area (Å²) in [4.78, 5) is 24.5. The molecule has 0 aliphatic carbocycles. The zero-order valence-corrected chi connectivity index (χ0v) is 13.9. The summed E-state index contributed by atoms with van der Waals surface area (Å²) in [6.45, 7) is 0.902. The second kappa shape index (κ2) is 6.87. The maximum atomic E-state index is 12.5. The first-order valence-electron chi connectivity index (χ1n) is 8.27. The number of fused-ring (bicyclic) bond motifs is 1.